The first-order valence-corrected chi connectivity index (χ1v) is 10.3. The quantitative estimate of drug-likeness (QED) is 0.774. The van der Waals surface area contributed by atoms with Crippen LogP contribution in [0.4, 0.5) is 0 Å². The van der Waals surface area contributed by atoms with Crippen LogP contribution < -0.4 is 4.74 Å². The second-order valence-corrected chi connectivity index (χ2v) is 7.97. The molecule has 3 saturated heterocycles. The highest BCUT2D eigenvalue weighted by Crippen LogP contribution is 2.29. The largest absolute Gasteiger partial charge is 0.496 e. The third kappa shape index (κ3) is 4.36. The average molecular weight is 380 g/mol. The summed E-state index contributed by atoms with van der Waals surface area (Å²) in [4.78, 5) is 22.1. The number of para-hydroxylation sites is 1. The van der Waals surface area contributed by atoms with Crippen molar-refractivity contribution >= 4 is 5.91 Å². The lowest BCUT2D eigenvalue weighted by Crippen LogP contribution is -2.47. The van der Waals surface area contributed by atoms with Gasteiger partial charge in [0.1, 0.15) is 5.75 Å². The normalized spacial score (nSPS) is 22.1. The van der Waals surface area contributed by atoms with Crippen molar-refractivity contribution < 1.29 is 9.53 Å². The van der Waals surface area contributed by atoms with Gasteiger partial charge in [0, 0.05) is 44.8 Å². The van der Waals surface area contributed by atoms with E-state index in [1.807, 2.05) is 36.5 Å². The van der Waals surface area contributed by atoms with Gasteiger partial charge in [0.05, 0.1) is 12.8 Å². The molecule has 0 radical (unpaired) electrons. The molecule has 2 unspecified atom stereocenters. The summed E-state index contributed by atoms with van der Waals surface area (Å²) in [5, 5.41) is 0. The number of ether oxygens (including phenoxy) is 1. The minimum atomic E-state index is 0.278. The van der Waals surface area contributed by atoms with Gasteiger partial charge in [-0.05, 0) is 48.9 Å². The van der Waals surface area contributed by atoms with Gasteiger partial charge in [-0.25, -0.2) is 0 Å². The molecule has 2 aromatic rings. The minimum Gasteiger partial charge on any atom is -0.496 e. The van der Waals surface area contributed by atoms with Gasteiger partial charge < -0.3 is 9.64 Å². The van der Waals surface area contributed by atoms with E-state index in [0.717, 1.165) is 56.0 Å². The maximum atomic E-state index is 13.0. The highest BCUT2D eigenvalue weighted by atomic mass is 16.5. The van der Waals surface area contributed by atoms with Crippen LogP contribution in [0.2, 0.25) is 0 Å². The van der Waals surface area contributed by atoms with Crippen molar-refractivity contribution in [3.63, 3.8) is 0 Å². The number of methoxy groups -OCH3 is 1. The van der Waals surface area contributed by atoms with Gasteiger partial charge in [0.25, 0.3) is 0 Å². The first-order valence-electron chi connectivity index (χ1n) is 10.3. The van der Waals surface area contributed by atoms with Gasteiger partial charge in [-0.3, -0.25) is 14.7 Å². The lowest BCUT2D eigenvalue weighted by Gasteiger charge is -2.36. The first-order chi connectivity index (χ1) is 13.7. The molecule has 2 bridgehead atoms. The van der Waals surface area contributed by atoms with Crippen LogP contribution in [0, 0.1) is 5.92 Å². The fourth-order valence-corrected chi connectivity index (χ4v) is 4.63. The van der Waals surface area contributed by atoms with Gasteiger partial charge in [-0.2, -0.15) is 0 Å². The third-order valence-electron chi connectivity index (χ3n) is 6.02. The van der Waals surface area contributed by atoms with E-state index in [1.165, 1.54) is 6.42 Å². The van der Waals surface area contributed by atoms with E-state index >= 15 is 0 Å². The number of piperidine rings is 1. The Morgan fingerprint density at radius 3 is 2.79 bits per heavy atom. The van der Waals surface area contributed by atoms with Crippen molar-refractivity contribution in [2.45, 2.75) is 38.3 Å². The Bertz CT molecular complexity index is 795. The fourth-order valence-electron chi connectivity index (χ4n) is 4.63. The Kier molecular flexibility index (Phi) is 5.91. The van der Waals surface area contributed by atoms with E-state index < -0.39 is 0 Å². The summed E-state index contributed by atoms with van der Waals surface area (Å²) in [5.74, 6) is 1.71. The second kappa shape index (κ2) is 8.74. The summed E-state index contributed by atoms with van der Waals surface area (Å²) in [7, 11) is 1.69. The van der Waals surface area contributed by atoms with Crippen molar-refractivity contribution in [2.24, 2.45) is 5.92 Å². The standard InChI is InChI=1S/C23H29N3O2/c1-28-22-8-3-2-6-19(22)10-12-23(27)26-15-18-9-11-21(26)17-25(14-18)16-20-7-4-5-13-24-20/h2-8,13,18,21H,9-12,14-17H2,1H3. The zero-order chi connectivity index (χ0) is 19.3. The zero-order valence-electron chi connectivity index (χ0n) is 16.6. The van der Waals surface area contributed by atoms with Gasteiger partial charge in [-0.15, -0.1) is 0 Å². The molecule has 3 aliphatic rings. The topological polar surface area (TPSA) is 45.7 Å². The Morgan fingerprint density at radius 1 is 1.11 bits per heavy atom. The average Bonchev–Trinajstić information content (AvgIpc) is 3.03. The maximum absolute atomic E-state index is 13.0. The molecule has 5 nitrogen and oxygen atoms in total. The first kappa shape index (κ1) is 18.9. The highest BCUT2D eigenvalue weighted by molar-refractivity contribution is 5.77. The molecule has 28 heavy (non-hydrogen) atoms. The molecule has 0 aliphatic carbocycles. The van der Waals surface area contributed by atoms with Gasteiger partial charge >= 0.3 is 0 Å². The van der Waals surface area contributed by atoms with Crippen molar-refractivity contribution in [3.8, 4) is 5.75 Å². The van der Waals surface area contributed by atoms with E-state index in [4.69, 9.17) is 4.74 Å². The molecule has 0 N–H and O–H groups in total. The number of rotatable bonds is 6. The number of carbonyl (C=O) groups is 1. The van der Waals surface area contributed by atoms with Gasteiger partial charge in [0.2, 0.25) is 5.91 Å². The minimum absolute atomic E-state index is 0.278. The molecule has 4 heterocycles. The predicted molar refractivity (Wildman–Crippen MR) is 109 cm³/mol. The molecular weight excluding hydrogens is 350 g/mol. The van der Waals surface area contributed by atoms with E-state index in [0.29, 0.717) is 18.4 Å². The van der Waals surface area contributed by atoms with Crippen LogP contribution in [0.25, 0.3) is 0 Å². The van der Waals surface area contributed by atoms with Gasteiger partial charge in [0.15, 0.2) is 0 Å². The van der Waals surface area contributed by atoms with E-state index in [2.05, 4.69) is 26.9 Å². The second-order valence-electron chi connectivity index (χ2n) is 7.97. The number of amides is 1. The summed E-state index contributed by atoms with van der Waals surface area (Å²) in [6.07, 6.45) is 5.47. The number of nitrogens with zero attached hydrogens (tertiary/aromatic N) is 3. The SMILES string of the molecule is COc1ccccc1CCC(=O)N1CC2CCC1CN(Cc1ccccn1)C2. The number of hydrogen-bond donors (Lipinski definition) is 0. The number of aryl methyl sites for hydroxylation is 1. The molecule has 3 aliphatic heterocycles. The molecule has 2 atom stereocenters. The Balaban J connectivity index is 1.38. The van der Waals surface area contributed by atoms with Crippen LogP contribution >= 0.6 is 0 Å². The summed E-state index contributed by atoms with van der Waals surface area (Å²) in [5.41, 5.74) is 2.22. The molecule has 5 heteroatoms. The Hall–Kier alpha value is -2.40. The highest BCUT2D eigenvalue weighted by Gasteiger charge is 2.36. The zero-order valence-corrected chi connectivity index (χ0v) is 16.6. The number of benzene rings is 1. The van der Waals surface area contributed by atoms with Crippen LogP contribution in [-0.2, 0) is 17.8 Å². The monoisotopic (exact) mass is 379 g/mol. The smallest absolute Gasteiger partial charge is 0.223 e. The van der Waals surface area contributed by atoms with Crippen molar-refractivity contribution in [1.29, 1.82) is 0 Å². The molecular formula is C23H29N3O2. The Morgan fingerprint density at radius 2 is 1.96 bits per heavy atom. The summed E-state index contributed by atoms with van der Waals surface area (Å²) < 4.78 is 5.43. The molecule has 148 valence electrons. The summed E-state index contributed by atoms with van der Waals surface area (Å²) >= 11 is 0. The van der Waals surface area contributed by atoms with E-state index in [1.54, 1.807) is 7.11 Å². The molecule has 5 rings (SSSR count). The van der Waals surface area contributed by atoms with Crippen molar-refractivity contribution in [1.82, 2.24) is 14.8 Å². The molecule has 1 aromatic heterocycles. The van der Waals surface area contributed by atoms with Crippen LogP contribution in [0.1, 0.15) is 30.5 Å². The lowest BCUT2D eigenvalue weighted by atomic mass is 9.94. The molecule has 1 amide bonds. The number of fused-ring (bicyclic) bond motifs is 4. The number of aromatic nitrogens is 1. The predicted octanol–water partition coefficient (Wildman–Crippen LogP) is 3.15. The molecule has 0 spiro atoms. The van der Waals surface area contributed by atoms with E-state index in [9.17, 15) is 4.79 Å². The van der Waals surface area contributed by atoms with Crippen LogP contribution in [0.5, 0.6) is 5.75 Å². The van der Waals surface area contributed by atoms with Crippen molar-refractivity contribution in [3.05, 3.63) is 59.9 Å². The van der Waals surface area contributed by atoms with Crippen LogP contribution in [0.15, 0.2) is 48.7 Å². The van der Waals surface area contributed by atoms with Crippen LogP contribution in [-0.4, -0.2) is 53.5 Å². The fraction of sp³-hybridized carbons (Fsp3) is 0.478. The van der Waals surface area contributed by atoms with Gasteiger partial charge in [-0.1, -0.05) is 24.3 Å². The third-order valence-corrected chi connectivity index (χ3v) is 6.02. The number of carbonyl (C=O) groups excluding carboxylic acids is 1. The molecule has 0 saturated carbocycles. The number of hydrogen-bond acceptors (Lipinski definition) is 4. The summed E-state index contributed by atoms with van der Waals surface area (Å²) in [6, 6.07) is 14.4. The lowest BCUT2D eigenvalue weighted by molar-refractivity contribution is -0.135. The molecule has 3 fully saturated rings. The van der Waals surface area contributed by atoms with E-state index in [-0.39, 0.29) is 5.91 Å². The molecule has 1 aromatic carbocycles. The van der Waals surface area contributed by atoms with Crippen LogP contribution in [0.3, 0.4) is 0 Å². The number of pyridine rings is 1. The Labute approximate surface area is 167 Å². The van der Waals surface area contributed by atoms with Crippen molar-refractivity contribution in [2.75, 3.05) is 26.7 Å². The maximum Gasteiger partial charge on any atom is 0.223 e. The summed E-state index contributed by atoms with van der Waals surface area (Å²) in [6.45, 7) is 3.78.